The number of aliphatic hydroxyl groups is 1. The van der Waals surface area contributed by atoms with Crippen LogP contribution in [0.3, 0.4) is 0 Å². The van der Waals surface area contributed by atoms with Crippen LogP contribution in [0.5, 0.6) is 0 Å². The summed E-state index contributed by atoms with van der Waals surface area (Å²) in [7, 11) is -7.60. The minimum absolute atomic E-state index is 0.0479. The van der Waals surface area contributed by atoms with Crippen molar-refractivity contribution < 1.29 is 21.9 Å². The van der Waals surface area contributed by atoms with Crippen LogP contribution in [0.1, 0.15) is 12.0 Å². The topological polar surface area (TPSA) is 101 Å². The van der Waals surface area contributed by atoms with Gasteiger partial charge in [0.25, 0.3) is 0 Å². The third kappa shape index (κ3) is 6.56. The second-order valence-corrected chi connectivity index (χ2v) is 8.34. The lowest BCUT2D eigenvalue weighted by molar-refractivity contribution is 0.305. The Balaban J connectivity index is 2.89. The van der Waals surface area contributed by atoms with E-state index in [-0.39, 0.29) is 12.3 Å². The number of anilines is 1. The Labute approximate surface area is 118 Å². The summed E-state index contributed by atoms with van der Waals surface area (Å²) >= 11 is 0. The lowest BCUT2D eigenvalue weighted by Gasteiger charge is -2.07. The van der Waals surface area contributed by atoms with E-state index in [1.54, 1.807) is 12.1 Å². The Hall–Kier alpha value is -1.56. The Kier molecular flexibility index (Phi) is 5.56. The smallest absolute Gasteiger partial charge is 0.247 e. The van der Waals surface area contributed by atoms with Crippen molar-refractivity contribution in [3.05, 3.63) is 29.8 Å². The predicted octanol–water partition coefficient (Wildman–Crippen LogP) is 0.164. The van der Waals surface area contributed by atoms with Gasteiger partial charge < -0.3 is 5.11 Å². The second kappa shape index (κ2) is 6.74. The molecule has 0 heterocycles. The number of hydrogen-bond acceptors (Lipinski definition) is 5. The zero-order valence-corrected chi connectivity index (χ0v) is 12.5. The van der Waals surface area contributed by atoms with E-state index < -0.39 is 24.9 Å². The zero-order chi connectivity index (χ0) is 15.2. The van der Waals surface area contributed by atoms with Gasteiger partial charge in [0.15, 0.2) is 14.9 Å². The average Bonchev–Trinajstić information content (AvgIpc) is 2.25. The monoisotopic (exact) mass is 317 g/mol. The molecule has 2 N–H and O–H groups in total. The molecule has 0 bridgehead atoms. The maximum absolute atomic E-state index is 11.6. The molecule has 0 radical (unpaired) electrons. The molecule has 20 heavy (non-hydrogen) atoms. The maximum atomic E-state index is 11.6. The molecule has 8 heteroatoms. The molecule has 0 spiro atoms. The van der Waals surface area contributed by atoms with Crippen molar-refractivity contribution in [3.63, 3.8) is 0 Å². The van der Waals surface area contributed by atoms with Crippen molar-refractivity contribution in [2.75, 3.05) is 22.7 Å². The number of hydrogen-bond donors (Lipinski definition) is 2. The lowest BCUT2D eigenvalue weighted by atomic mass is 10.2. The van der Waals surface area contributed by atoms with Crippen molar-refractivity contribution in [3.8, 4) is 11.8 Å². The summed E-state index contributed by atoms with van der Waals surface area (Å²) in [6, 6.07) is 6.27. The van der Waals surface area contributed by atoms with Crippen LogP contribution in [-0.4, -0.2) is 39.9 Å². The van der Waals surface area contributed by atoms with Gasteiger partial charge in [-0.15, -0.1) is 0 Å². The molecule has 1 rings (SSSR count). The molecule has 0 atom stereocenters. The van der Waals surface area contributed by atoms with Gasteiger partial charge in [-0.3, -0.25) is 4.72 Å². The molecule has 1 aromatic carbocycles. The molecule has 0 saturated carbocycles. The first-order valence-electron chi connectivity index (χ1n) is 5.60. The standard InChI is InChI=1S/C12H15NO5S2/c1-19(15,16)10-20(17,18)13-12-7-4-6-11(9-12)5-2-3-8-14/h4,6-7,9,13-14H,3,8,10H2,1H3. The molecule has 0 aliphatic heterocycles. The van der Waals surface area contributed by atoms with E-state index in [9.17, 15) is 16.8 Å². The van der Waals surface area contributed by atoms with Crippen LogP contribution in [0.15, 0.2) is 24.3 Å². The Morgan fingerprint density at radius 1 is 1.25 bits per heavy atom. The summed E-state index contributed by atoms with van der Waals surface area (Å²) in [5, 5.41) is 7.64. The fourth-order valence-electron chi connectivity index (χ4n) is 1.37. The van der Waals surface area contributed by atoms with E-state index in [2.05, 4.69) is 16.6 Å². The van der Waals surface area contributed by atoms with E-state index in [4.69, 9.17) is 5.11 Å². The van der Waals surface area contributed by atoms with Crippen LogP contribution in [0, 0.1) is 11.8 Å². The van der Waals surface area contributed by atoms with E-state index in [0.29, 0.717) is 12.0 Å². The summed E-state index contributed by atoms with van der Waals surface area (Å²) in [6.07, 6.45) is 1.17. The minimum Gasteiger partial charge on any atom is -0.395 e. The van der Waals surface area contributed by atoms with Crippen molar-refractivity contribution in [1.29, 1.82) is 0 Å². The molecule has 1 aromatic rings. The van der Waals surface area contributed by atoms with E-state index in [1.807, 2.05) is 0 Å². The second-order valence-electron chi connectivity index (χ2n) is 4.12. The van der Waals surface area contributed by atoms with Crippen molar-refractivity contribution in [1.82, 2.24) is 0 Å². The fourth-order valence-corrected chi connectivity index (χ4v) is 4.35. The number of benzene rings is 1. The molecule has 0 aliphatic rings. The highest BCUT2D eigenvalue weighted by molar-refractivity contribution is 8.08. The number of sulfone groups is 1. The highest BCUT2D eigenvalue weighted by Gasteiger charge is 2.17. The van der Waals surface area contributed by atoms with E-state index >= 15 is 0 Å². The summed E-state index contributed by atoms with van der Waals surface area (Å²) in [5.41, 5.74) is 0.808. The predicted molar refractivity (Wildman–Crippen MR) is 77.3 cm³/mol. The third-order valence-corrected chi connectivity index (χ3v) is 5.48. The minimum atomic E-state index is -3.96. The molecular weight excluding hydrogens is 302 g/mol. The normalized spacial score (nSPS) is 11.5. The van der Waals surface area contributed by atoms with Crippen LogP contribution < -0.4 is 4.72 Å². The summed E-state index contributed by atoms with van der Waals surface area (Å²) in [6.45, 7) is -0.0479. The lowest BCUT2D eigenvalue weighted by Crippen LogP contribution is -2.22. The van der Waals surface area contributed by atoms with Gasteiger partial charge in [-0.1, -0.05) is 17.9 Å². The molecule has 6 nitrogen and oxygen atoms in total. The number of rotatable bonds is 5. The SMILES string of the molecule is CS(=O)(=O)CS(=O)(=O)Nc1cccc(C#CCCO)c1. The summed E-state index contributed by atoms with van der Waals surface area (Å²) in [4.78, 5) is 0. The van der Waals surface area contributed by atoms with Gasteiger partial charge in [0.05, 0.1) is 6.61 Å². The van der Waals surface area contributed by atoms with Gasteiger partial charge >= 0.3 is 0 Å². The van der Waals surface area contributed by atoms with Crippen LogP contribution in [0.4, 0.5) is 5.69 Å². The number of aliphatic hydroxyl groups excluding tert-OH is 1. The van der Waals surface area contributed by atoms with Crippen molar-refractivity contribution in [2.24, 2.45) is 0 Å². The average molecular weight is 317 g/mol. The highest BCUT2D eigenvalue weighted by atomic mass is 32.3. The quantitative estimate of drug-likeness (QED) is 0.754. The largest absolute Gasteiger partial charge is 0.395 e. The molecule has 0 fully saturated rings. The molecule has 0 aromatic heterocycles. The van der Waals surface area contributed by atoms with Crippen LogP contribution in [-0.2, 0) is 19.9 Å². The summed E-state index contributed by atoms with van der Waals surface area (Å²) < 4.78 is 47.5. The highest BCUT2D eigenvalue weighted by Crippen LogP contribution is 2.12. The van der Waals surface area contributed by atoms with Crippen molar-refractivity contribution in [2.45, 2.75) is 6.42 Å². The van der Waals surface area contributed by atoms with Crippen LogP contribution in [0.2, 0.25) is 0 Å². The first kappa shape index (κ1) is 16.5. The molecule has 0 saturated heterocycles. The van der Waals surface area contributed by atoms with Gasteiger partial charge in [-0.2, -0.15) is 0 Å². The van der Waals surface area contributed by atoms with Gasteiger partial charge in [0.1, 0.15) is 0 Å². The molecule has 110 valence electrons. The number of sulfonamides is 1. The van der Waals surface area contributed by atoms with Crippen LogP contribution in [0.25, 0.3) is 0 Å². The molecule has 0 unspecified atom stereocenters. The number of nitrogens with one attached hydrogen (secondary N) is 1. The van der Waals surface area contributed by atoms with Gasteiger partial charge in [-0.05, 0) is 18.2 Å². The fraction of sp³-hybridized carbons (Fsp3) is 0.333. The Morgan fingerprint density at radius 2 is 1.95 bits per heavy atom. The van der Waals surface area contributed by atoms with E-state index in [1.165, 1.54) is 12.1 Å². The van der Waals surface area contributed by atoms with E-state index in [0.717, 1.165) is 6.26 Å². The molecule has 0 aliphatic carbocycles. The molecule has 0 amide bonds. The summed E-state index contributed by atoms with van der Waals surface area (Å²) in [5.74, 6) is 5.46. The third-order valence-electron chi connectivity index (χ3n) is 1.97. The zero-order valence-electron chi connectivity index (χ0n) is 10.8. The Bertz CT molecular complexity index is 727. The first-order chi connectivity index (χ1) is 9.22. The van der Waals surface area contributed by atoms with Crippen molar-refractivity contribution >= 4 is 25.5 Å². The maximum Gasteiger partial charge on any atom is 0.247 e. The van der Waals surface area contributed by atoms with Crippen LogP contribution >= 0.6 is 0 Å². The van der Waals surface area contributed by atoms with Gasteiger partial charge in [0, 0.05) is 23.9 Å². The Morgan fingerprint density at radius 3 is 2.55 bits per heavy atom. The van der Waals surface area contributed by atoms with Gasteiger partial charge in [-0.25, -0.2) is 16.8 Å². The van der Waals surface area contributed by atoms with Gasteiger partial charge in [0.2, 0.25) is 10.0 Å². The first-order valence-corrected chi connectivity index (χ1v) is 9.31. The molecular formula is C12H15NO5S2.